The Kier molecular flexibility index (Phi) is 5.86. The van der Waals surface area contributed by atoms with Crippen LogP contribution in [-0.4, -0.2) is 22.6 Å². The number of ether oxygens (including phenoxy) is 1. The molecule has 0 saturated heterocycles. The molecule has 4 rings (SSSR count). The lowest BCUT2D eigenvalue weighted by Crippen LogP contribution is -2.31. The molecular weight excluding hydrogens is 410 g/mol. The van der Waals surface area contributed by atoms with E-state index in [4.69, 9.17) is 9.72 Å². The molecule has 4 aromatic rings. The third kappa shape index (κ3) is 4.36. The highest BCUT2D eigenvalue weighted by Crippen LogP contribution is 2.27. The number of aromatic nitrogens is 2. The summed E-state index contributed by atoms with van der Waals surface area (Å²) >= 11 is 1.51. The molecule has 0 bridgehead atoms. The predicted octanol–water partition coefficient (Wildman–Crippen LogP) is 4.31. The van der Waals surface area contributed by atoms with Crippen molar-refractivity contribution < 1.29 is 9.53 Å². The van der Waals surface area contributed by atoms with Gasteiger partial charge in [0.05, 0.1) is 12.5 Å². The SMILES string of the molecule is COc1cccc(NC(=O)Cn2c(Cc3ccccc3)nc3sc(C)c(C)c3c2=O)c1. The van der Waals surface area contributed by atoms with Gasteiger partial charge in [-0.15, -0.1) is 11.3 Å². The Morgan fingerprint density at radius 3 is 2.65 bits per heavy atom. The molecule has 31 heavy (non-hydrogen) atoms. The molecule has 1 amide bonds. The normalized spacial score (nSPS) is 10.9. The summed E-state index contributed by atoms with van der Waals surface area (Å²) in [5.74, 6) is 0.924. The minimum absolute atomic E-state index is 0.116. The Labute approximate surface area is 184 Å². The number of thiophene rings is 1. The number of amides is 1. The number of benzene rings is 2. The number of hydrogen-bond donors (Lipinski definition) is 1. The van der Waals surface area contributed by atoms with Crippen LogP contribution in [0.5, 0.6) is 5.75 Å². The molecule has 0 aliphatic carbocycles. The molecule has 2 aromatic carbocycles. The van der Waals surface area contributed by atoms with Crippen molar-refractivity contribution in [3.63, 3.8) is 0 Å². The van der Waals surface area contributed by atoms with Crippen molar-refractivity contribution in [2.45, 2.75) is 26.8 Å². The Hall–Kier alpha value is -3.45. The maximum absolute atomic E-state index is 13.4. The number of aryl methyl sites for hydroxylation is 2. The number of rotatable bonds is 6. The second-order valence-electron chi connectivity index (χ2n) is 7.33. The quantitative estimate of drug-likeness (QED) is 0.492. The van der Waals surface area contributed by atoms with Crippen molar-refractivity contribution in [1.29, 1.82) is 0 Å². The Morgan fingerprint density at radius 2 is 1.90 bits per heavy atom. The van der Waals surface area contributed by atoms with Gasteiger partial charge in [-0.05, 0) is 37.1 Å². The molecule has 0 radical (unpaired) electrons. The molecule has 0 unspecified atom stereocenters. The summed E-state index contributed by atoms with van der Waals surface area (Å²) < 4.78 is 6.70. The van der Waals surface area contributed by atoms with Crippen molar-refractivity contribution in [3.05, 3.63) is 86.8 Å². The van der Waals surface area contributed by atoms with Gasteiger partial charge in [-0.1, -0.05) is 36.4 Å². The van der Waals surface area contributed by atoms with Crippen LogP contribution < -0.4 is 15.6 Å². The molecule has 0 atom stereocenters. The molecule has 0 spiro atoms. The molecule has 0 aliphatic heterocycles. The van der Waals surface area contributed by atoms with Crippen molar-refractivity contribution in [2.75, 3.05) is 12.4 Å². The lowest BCUT2D eigenvalue weighted by atomic mass is 10.1. The van der Waals surface area contributed by atoms with Crippen LogP contribution in [0.25, 0.3) is 10.2 Å². The third-order valence-corrected chi connectivity index (χ3v) is 6.33. The maximum atomic E-state index is 13.4. The van der Waals surface area contributed by atoms with Crippen molar-refractivity contribution in [2.24, 2.45) is 0 Å². The average molecular weight is 434 g/mol. The average Bonchev–Trinajstić information content (AvgIpc) is 3.05. The van der Waals surface area contributed by atoms with Gasteiger partial charge >= 0.3 is 0 Å². The highest BCUT2D eigenvalue weighted by Gasteiger charge is 2.18. The summed E-state index contributed by atoms with van der Waals surface area (Å²) in [6.07, 6.45) is 0.467. The summed E-state index contributed by atoms with van der Waals surface area (Å²) in [6.45, 7) is 3.79. The smallest absolute Gasteiger partial charge is 0.263 e. The van der Waals surface area contributed by atoms with Gasteiger partial charge in [0.1, 0.15) is 22.9 Å². The van der Waals surface area contributed by atoms with Crippen LogP contribution in [0.4, 0.5) is 5.69 Å². The highest BCUT2D eigenvalue weighted by atomic mass is 32.1. The molecule has 0 aliphatic rings. The first-order valence-electron chi connectivity index (χ1n) is 9.93. The van der Waals surface area contributed by atoms with Gasteiger partial charge in [-0.3, -0.25) is 14.2 Å². The summed E-state index contributed by atoms with van der Waals surface area (Å²) in [5.41, 5.74) is 2.38. The summed E-state index contributed by atoms with van der Waals surface area (Å²) in [5, 5.41) is 3.44. The van der Waals surface area contributed by atoms with Crippen LogP contribution in [-0.2, 0) is 17.8 Å². The minimum Gasteiger partial charge on any atom is -0.497 e. The molecule has 7 heteroatoms. The van der Waals surface area contributed by atoms with Crippen LogP contribution in [0.1, 0.15) is 21.8 Å². The van der Waals surface area contributed by atoms with Crippen molar-refractivity contribution in [3.8, 4) is 5.75 Å². The van der Waals surface area contributed by atoms with Crippen LogP contribution >= 0.6 is 11.3 Å². The fraction of sp³-hybridized carbons (Fsp3) is 0.208. The monoisotopic (exact) mass is 433 g/mol. The van der Waals surface area contributed by atoms with Gasteiger partial charge in [0.2, 0.25) is 5.91 Å². The van der Waals surface area contributed by atoms with Crippen molar-refractivity contribution >= 4 is 33.1 Å². The number of nitrogens with zero attached hydrogens (tertiary/aromatic N) is 2. The number of methoxy groups -OCH3 is 1. The van der Waals surface area contributed by atoms with E-state index >= 15 is 0 Å². The first kappa shape index (κ1) is 20.8. The Balaban J connectivity index is 1.72. The van der Waals surface area contributed by atoms with Crippen LogP contribution in [0.2, 0.25) is 0 Å². The number of anilines is 1. The zero-order chi connectivity index (χ0) is 22.0. The van der Waals surface area contributed by atoms with E-state index in [1.165, 1.54) is 15.9 Å². The van der Waals surface area contributed by atoms with E-state index in [1.807, 2.05) is 44.2 Å². The Morgan fingerprint density at radius 1 is 1.13 bits per heavy atom. The summed E-state index contributed by atoms with van der Waals surface area (Å²) in [6, 6.07) is 16.9. The molecule has 6 nitrogen and oxygen atoms in total. The van der Waals surface area contributed by atoms with Gasteiger partial charge < -0.3 is 10.1 Å². The standard InChI is InChI=1S/C24H23N3O3S/c1-15-16(2)31-23-22(15)24(29)27(20(26-23)12-17-8-5-4-6-9-17)14-21(28)25-18-10-7-11-19(13-18)30-3/h4-11,13H,12,14H2,1-3H3,(H,25,28). The first-order chi connectivity index (χ1) is 15.0. The number of fused-ring (bicyclic) bond motifs is 1. The molecule has 158 valence electrons. The summed E-state index contributed by atoms with van der Waals surface area (Å²) in [7, 11) is 1.57. The molecule has 2 heterocycles. The number of hydrogen-bond acceptors (Lipinski definition) is 5. The summed E-state index contributed by atoms with van der Waals surface area (Å²) in [4.78, 5) is 32.8. The zero-order valence-corrected chi connectivity index (χ0v) is 18.5. The van der Waals surface area contributed by atoms with E-state index in [0.29, 0.717) is 29.1 Å². The second-order valence-corrected chi connectivity index (χ2v) is 8.53. The van der Waals surface area contributed by atoms with Crippen LogP contribution in [0, 0.1) is 13.8 Å². The van der Waals surface area contributed by atoms with Gasteiger partial charge in [0.15, 0.2) is 0 Å². The minimum atomic E-state index is -0.296. The molecule has 2 aromatic heterocycles. The van der Waals surface area contributed by atoms with E-state index in [-0.39, 0.29) is 18.0 Å². The topological polar surface area (TPSA) is 73.2 Å². The van der Waals surface area contributed by atoms with Gasteiger partial charge in [-0.2, -0.15) is 0 Å². The fourth-order valence-corrected chi connectivity index (χ4v) is 4.53. The number of carbonyl (C=O) groups is 1. The van der Waals surface area contributed by atoms with E-state index in [0.717, 1.165) is 20.8 Å². The number of carbonyl (C=O) groups excluding carboxylic acids is 1. The van der Waals surface area contributed by atoms with E-state index in [9.17, 15) is 9.59 Å². The largest absolute Gasteiger partial charge is 0.497 e. The molecule has 0 saturated carbocycles. The van der Waals surface area contributed by atoms with Crippen LogP contribution in [0.3, 0.4) is 0 Å². The third-order valence-electron chi connectivity index (χ3n) is 5.23. The molecule has 0 fully saturated rings. The van der Waals surface area contributed by atoms with E-state index in [2.05, 4.69) is 5.32 Å². The lowest BCUT2D eigenvalue weighted by Gasteiger charge is -2.13. The first-order valence-corrected chi connectivity index (χ1v) is 10.7. The van der Waals surface area contributed by atoms with Gasteiger partial charge in [-0.25, -0.2) is 4.98 Å². The van der Waals surface area contributed by atoms with Gasteiger partial charge in [0, 0.05) is 23.1 Å². The zero-order valence-electron chi connectivity index (χ0n) is 17.6. The maximum Gasteiger partial charge on any atom is 0.263 e. The van der Waals surface area contributed by atoms with Gasteiger partial charge in [0.25, 0.3) is 5.56 Å². The van der Waals surface area contributed by atoms with E-state index < -0.39 is 0 Å². The number of nitrogens with one attached hydrogen (secondary N) is 1. The molecular formula is C24H23N3O3S. The Bertz CT molecular complexity index is 1310. The predicted molar refractivity (Wildman–Crippen MR) is 124 cm³/mol. The van der Waals surface area contributed by atoms with Crippen LogP contribution in [0.15, 0.2) is 59.4 Å². The molecule has 1 N–H and O–H groups in total. The highest BCUT2D eigenvalue weighted by molar-refractivity contribution is 7.18. The van der Waals surface area contributed by atoms with Crippen molar-refractivity contribution in [1.82, 2.24) is 9.55 Å². The van der Waals surface area contributed by atoms with E-state index in [1.54, 1.807) is 31.4 Å². The lowest BCUT2D eigenvalue weighted by molar-refractivity contribution is -0.116. The fourth-order valence-electron chi connectivity index (χ4n) is 3.49. The second kappa shape index (κ2) is 8.73.